The number of benzene rings is 1. The quantitative estimate of drug-likeness (QED) is 0.0528. The lowest BCUT2D eigenvalue weighted by Crippen LogP contribution is -2.28. The van der Waals surface area contributed by atoms with Crippen LogP contribution in [-0.2, 0) is 23.8 Å². The zero-order valence-corrected chi connectivity index (χ0v) is 31.1. The summed E-state index contributed by atoms with van der Waals surface area (Å²) in [6, 6.07) is 8.01. The van der Waals surface area contributed by atoms with Crippen molar-refractivity contribution in [2.24, 2.45) is 0 Å². The standard InChI is InChI=1S/C42H72O6/c1-4-6-7-8-9-10-11-12-13-14-15-16-18-21-25-28-35-46-41(36-47-38(3)43)37-48-42(44)29-26-23-20-17-19-22-24-27-34-45-40-32-30-39(5-2)31-33-40/h5,30-33,41H,2,4,6-29,34-37H2,1,3H3. The van der Waals surface area contributed by atoms with Gasteiger partial charge in [0.15, 0.2) is 0 Å². The highest BCUT2D eigenvalue weighted by Gasteiger charge is 2.14. The van der Waals surface area contributed by atoms with E-state index in [1.807, 2.05) is 30.3 Å². The van der Waals surface area contributed by atoms with Crippen molar-refractivity contribution in [3.63, 3.8) is 0 Å². The van der Waals surface area contributed by atoms with Crippen molar-refractivity contribution in [3.05, 3.63) is 36.4 Å². The Morgan fingerprint density at radius 2 is 1.04 bits per heavy atom. The lowest BCUT2D eigenvalue weighted by atomic mass is 10.0. The van der Waals surface area contributed by atoms with Crippen LogP contribution in [0, 0.1) is 0 Å². The number of ether oxygens (including phenoxy) is 4. The molecule has 276 valence electrons. The van der Waals surface area contributed by atoms with Gasteiger partial charge in [0.05, 0.1) is 6.61 Å². The summed E-state index contributed by atoms with van der Waals surface area (Å²) in [4.78, 5) is 23.6. The summed E-state index contributed by atoms with van der Waals surface area (Å²) in [5.41, 5.74) is 1.10. The first-order valence-electron chi connectivity index (χ1n) is 19.8. The second-order valence-electron chi connectivity index (χ2n) is 13.5. The van der Waals surface area contributed by atoms with E-state index in [2.05, 4.69) is 13.5 Å². The summed E-state index contributed by atoms with van der Waals surface area (Å²) in [7, 11) is 0. The van der Waals surface area contributed by atoms with Gasteiger partial charge in [-0.25, -0.2) is 0 Å². The molecule has 0 fully saturated rings. The Morgan fingerprint density at radius 3 is 1.52 bits per heavy atom. The second-order valence-corrected chi connectivity index (χ2v) is 13.5. The summed E-state index contributed by atoms with van der Waals surface area (Å²) >= 11 is 0. The van der Waals surface area contributed by atoms with Crippen molar-refractivity contribution >= 4 is 18.0 Å². The van der Waals surface area contributed by atoms with Crippen LogP contribution >= 0.6 is 0 Å². The van der Waals surface area contributed by atoms with E-state index < -0.39 is 6.10 Å². The van der Waals surface area contributed by atoms with Crippen LogP contribution in [0.15, 0.2) is 30.8 Å². The Labute approximate surface area is 295 Å². The molecule has 0 heterocycles. The molecule has 0 radical (unpaired) electrons. The van der Waals surface area contributed by atoms with E-state index in [1.54, 1.807) is 0 Å². The maximum atomic E-state index is 12.3. The van der Waals surface area contributed by atoms with Gasteiger partial charge in [-0.1, -0.05) is 167 Å². The first-order chi connectivity index (χ1) is 23.5. The molecule has 0 saturated carbocycles. The number of carbonyl (C=O) groups excluding carboxylic acids is 2. The first-order valence-corrected chi connectivity index (χ1v) is 19.8. The first kappa shape index (κ1) is 43.7. The SMILES string of the molecule is C=Cc1ccc(OCCCCCCCCCCC(=O)OCC(COC(C)=O)OCCCCCCCCCCCCCCCCCC)cc1. The van der Waals surface area contributed by atoms with E-state index in [4.69, 9.17) is 18.9 Å². The fraction of sp³-hybridized carbons (Fsp3) is 0.762. The maximum Gasteiger partial charge on any atom is 0.305 e. The predicted octanol–water partition coefficient (Wildman–Crippen LogP) is 12.0. The highest BCUT2D eigenvalue weighted by Crippen LogP contribution is 2.16. The van der Waals surface area contributed by atoms with Gasteiger partial charge >= 0.3 is 11.9 Å². The van der Waals surface area contributed by atoms with Crippen LogP contribution in [0.4, 0.5) is 0 Å². The number of hydrogen-bond acceptors (Lipinski definition) is 6. The third-order valence-corrected chi connectivity index (χ3v) is 8.91. The minimum Gasteiger partial charge on any atom is -0.494 e. The van der Waals surface area contributed by atoms with Gasteiger partial charge in [-0.3, -0.25) is 9.59 Å². The lowest BCUT2D eigenvalue weighted by molar-refractivity contribution is -0.154. The Hall–Kier alpha value is -2.34. The van der Waals surface area contributed by atoms with E-state index in [1.165, 1.54) is 122 Å². The molecule has 0 aliphatic carbocycles. The monoisotopic (exact) mass is 673 g/mol. The Balaban J connectivity index is 1.95. The average molecular weight is 673 g/mol. The summed E-state index contributed by atoms with van der Waals surface area (Å²) in [5, 5.41) is 0. The molecule has 0 saturated heterocycles. The molecule has 1 aromatic carbocycles. The molecule has 0 spiro atoms. The summed E-state index contributed by atoms with van der Waals surface area (Å²) < 4.78 is 22.4. The summed E-state index contributed by atoms with van der Waals surface area (Å²) in [6.45, 7) is 9.04. The van der Waals surface area contributed by atoms with Gasteiger partial charge in [-0.15, -0.1) is 0 Å². The molecule has 0 amide bonds. The summed E-state index contributed by atoms with van der Waals surface area (Å²) in [5.74, 6) is 0.366. The molecule has 6 heteroatoms. The van der Waals surface area contributed by atoms with Crippen molar-refractivity contribution in [2.45, 2.75) is 180 Å². The molecular weight excluding hydrogens is 600 g/mol. The molecule has 1 unspecified atom stereocenters. The Morgan fingerprint density at radius 1 is 0.604 bits per heavy atom. The molecule has 1 rings (SSSR count). The van der Waals surface area contributed by atoms with Gasteiger partial charge in [-0.2, -0.15) is 0 Å². The van der Waals surface area contributed by atoms with Gasteiger partial charge in [0.25, 0.3) is 0 Å². The number of esters is 2. The van der Waals surface area contributed by atoms with Gasteiger partial charge in [-0.05, 0) is 37.0 Å². The molecule has 0 aliphatic rings. The Kier molecular flexibility index (Phi) is 30.2. The van der Waals surface area contributed by atoms with Gasteiger partial charge in [0, 0.05) is 20.0 Å². The highest BCUT2D eigenvalue weighted by molar-refractivity contribution is 5.69. The van der Waals surface area contributed by atoms with E-state index >= 15 is 0 Å². The maximum absolute atomic E-state index is 12.3. The Bertz CT molecular complexity index is 883. The van der Waals surface area contributed by atoms with Crippen LogP contribution in [0.2, 0.25) is 0 Å². The molecule has 0 aliphatic heterocycles. The van der Waals surface area contributed by atoms with E-state index in [-0.39, 0.29) is 25.2 Å². The van der Waals surface area contributed by atoms with Crippen molar-refractivity contribution < 1.29 is 28.5 Å². The second kappa shape index (κ2) is 33.2. The van der Waals surface area contributed by atoms with Crippen LogP contribution < -0.4 is 4.74 Å². The minimum absolute atomic E-state index is 0.121. The van der Waals surface area contributed by atoms with Crippen LogP contribution in [0.1, 0.15) is 180 Å². The van der Waals surface area contributed by atoms with Crippen molar-refractivity contribution in [2.75, 3.05) is 26.4 Å². The minimum atomic E-state index is -0.405. The molecule has 1 aromatic rings. The van der Waals surface area contributed by atoms with E-state index in [0.717, 1.165) is 56.4 Å². The fourth-order valence-corrected chi connectivity index (χ4v) is 5.84. The van der Waals surface area contributed by atoms with E-state index in [0.29, 0.717) is 13.0 Å². The molecule has 0 bridgehead atoms. The lowest BCUT2D eigenvalue weighted by Gasteiger charge is -2.18. The highest BCUT2D eigenvalue weighted by atomic mass is 16.6. The van der Waals surface area contributed by atoms with Gasteiger partial charge in [0.2, 0.25) is 0 Å². The van der Waals surface area contributed by atoms with Gasteiger partial charge < -0.3 is 18.9 Å². The average Bonchev–Trinajstić information content (AvgIpc) is 3.09. The molecule has 48 heavy (non-hydrogen) atoms. The summed E-state index contributed by atoms with van der Waals surface area (Å²) in [6.07, 6.45) is 32.0. The molecule has 0 aromatic heterocycles. The number of hydrogen-bond donors (Lipinski definition) is 0. The molecular formula is C42H72O6. The normalized spacial score (nSPS) is 11.7. The van der Waals surface area contributed by atoms with Crippen molar-refractivity contribution in [1.82, 2.24) is 0 Å². The predicted molar refractivity (Wildman–Crippen MR) is 200 cm³/mol. The molecule has 0 N–H and O–H groups in total. The topological polar surface area (TPSA) is 71.1 Å². The third-order valence-electron chi connectivity index (χ3n) is 8.91. The zero-order chi connectivity index (χ0) is 34.8. The van der Waals surface area contributed by atoms with Crippen LogP contribution in [0.25, 0.3) is 6.08 Å². The smallest absolute Gasteiger partial charge is 0.305 e. The van der Waals surface area contributed by atoms with E-state index in [9.17, 15) is 9.59 Å². The number of rotatable bonds is 35. The van der Waals surface area contributed by atoms with Crippen LogP contribution in [0.5, 0.6) is 5.75 Å². The fourth-order valence-electron chi connectivity index (χ4n) is 5.84. The van der Waals surface area contributed by atoms with Crippen molar-refractivity contribution in [1.29, 1.82) is 0 Å². The van der Waals surface area contributed by atoms with Gasteiger partial charge in [0.1, 0.15) is 25.1 Å². The van der Waals surface area contributed by atoms with Crippen LogP contribution in [0.3, 0.4) is 0 Å². The van der Waals surface area contributed by atoms with Crippen molar-refractivity contribution in [3.8, 4) is 5.75 Å². The largest absolute Gasteiger partial charge is 0.494 e. The zero-order valence-electron chi connectivity index (χ0n) is 31.1. The third kappa shape index (κ3) is 28.7. The number of unbranched alkanes of at least 4 members (excludes halogenated alkanes) is 22. The molecule has 6 nitrogen and oxygen atoms in total. The number of carbonyl (C=O) groups is 2. The molecule has 1 atom stereocenters. The van der Waals surface area contributed by atoms with Crippen LogP contribution in [-0.4, -0.2) is 44.5 Å².